The minimum atomic E-state index is -0.597. The number of rotatable bonds is 10. The van der Waals surface area contributed by atoms with E-state index in [2.05, 4.69) is 26.3 Å². The quantitative estimate of drug-likeness (QED) is 0.193. The van der Waals surface area contributed by atoms with Gasteiger partial charge < -0.3 is 20.7 Å². The summed E-state index contributed by atoms with van der Waals surface area (Å²) in [6, 6.07) is 14.1. The molecule has 3 rings (SSSR count). The first-order valence-electron chi connectivity index (χ1n) is 12.2. The molecule has 2 aromatic carbocycles. The maximum Gasteiger partial charge on any atom is 0.412 e. The number of unbranched alkanes of at least 4 members (excludes halogenated alkanes) is 1. The third-order valence-electron chi connectivity index (χ3n) is 5.11. The molecule has 0 spiro atoms. The lowest BCUT2D eigenvalue weighted by Gasteiger charge is -2.19. The fourth-order valence-corrected chi connectivity index (χ4v) is 3.58. The minimum Gasteiger partial charge on any atom is -0.444 e. The van der Waals surface area contributed by atoms with Crippen molar-refractivity contribution in [3.8, 4) is 0 Å². The van der Waals surface area contributed by atoms with E-state index < -0.39 is 17.6 Å². The second-order valence-corrected chi connectivity index (χ2v) is 9.91. The fourth-order valence-electron chi connectivity index (χ4n) is 3.41. The normalized spacial score (nSPS) is 11.3. The monoisotopic (exact) mass is 537 g/mol. The van der Waals surface area contributed by atoms with Gasteiger partial charge >= 0.3 is 6.09 Å². The number of carbonyl (C=O) groups excluding carboxylic acids is 3. The van der Waals surface area contributed by atoms with Crippen LogP contribution in [0, 0.1) is 0 Å². The highest BCUT2D eigenvalue weighted by atomic mass is 35.5. The number of carbonyl (C=O) groups is 3. The highest BCUT2D eigenvalue weighted by molar-refractivity contribution is 6.31. The number of halogens is 1. The molecule has 38 heavy (non-hydrogen) atoms. The molecule has 0 unspecified atom stereocenters. The van der Waals surface area contributed by atoms with Gasteiger partial charge in [0.15, 0.2) is 0 Å². The van der Waals surface area contributed by atoms with Gasteiger partial charge in [-0.25, -0.2) is 4.79 Å². The van der Waals surface area contributed by atoms with Crippen molar-refractivity contribution in [1.29, 1.82) is 0 Å². The number of nitrogens with one attached hydrogen (secondary N) is 4. The molecule has 0 aliphatic carbocycles. The Morgan fingerprint density at radius 3 is 2.26 bits per heavy atom. The van der Waals surface area contributed by atoms with E-state index in [0.717, 1.165) is 36.0 Å². The number of amides is 3. The Bertz CT molecular complexity index is 1300. The molecule has 0 saturated carbocycles. The summed E-state index contributed by atoms with van der Waals surface area (Å²) in [6.07, 6.45) is 5.17. The largest absolute Gasteiger partial charge is 0.444 e. The SMILES string of the molecule is CC(C)(C)OC(=O)Nc1ccc(NC(=O)/C=C/C(=O)NCCCCNc2ccnc3cc(Cl)ccc23)cc1. The number of anilines is 3. The van der Waals surface area contributed by atoms with Crippen LogP contribution in [0.2, 0.25) is 5.02 Å². The van der Waals surface area contributed by atoms with E-state index in [9.17, 15) is 14.4 Å². The zero-order valence-corrected chi connectivity index (χ0v) is 22.4. The Morgan fingerprint density at radius 2 is 1.55 bits per heavy atom. The van der Waals surface area contributed by atoms with Crippen LogP contribution in [-0.2, 0) is 14.3 Å². The molecule has 200 valence electrons. The van der Waals surface area contributed by atoms with E-state index >= 15 is 0 Å². The molecule has 0 aliphatic heterocycles. The van der Waals surface area contributed by atoms with E-state index in [0.29, 0.717) is 22.9 Å². The lowest BCUT2D eigenvalue weighted by Crippen LogP contribution is -2.27. The molecule has 0 radical (unpaired) electrons. The highest BCUT2D eigenvalue weighted by Crippen LogP contribution is 2.24. The molecule has 9 nitrogen and oxygen atoms in total. The van der Waals surface area contributed by atoms with Crippen LogP contribution in [0.15, 0.2) is 66.9 Å². The van der Waals surface area contributed by atoms with Crippen LogP contribution >= 0.6 is 11.6 Å². The summed E-state index contributed by atoms with van der Waals surface area (Å²) in [7, 11) is 0. The van der Waals surface area contributed by atoms with Gasteiger partial charge in [0.2, 0.25) is 11.8 Å². The molecule has 0 atom stereocenters. The van der Waals surface area contributed by atoms with E-state index in [1.165, 1.54) is 12.2 Å². The van der Waals surface area contributed by atoms with Crippen LogP contribution in [0.25, 0.3) is 10.9 Å². The predicted octanol–water partition coefficient (Wildman–Crippen LogP) is 5.74. The van der Waals surface area contributed by atoms with Crippen LogP contribution in [0.1, 0.15) is 33.6 Å². The number of ether oxygens (including phenoxy) is 1. The minimum absolute atomic E-state index is 0.345. The zero-order valence-electron chi connectivity index (χ0n) is 21.6. The number of hydrogen-bond acceptors (Lipinski definition) is 6. The summed E-state index contributed by atoms with van der Waals surface area (Å²) >= 11 is 6.03. The number of hydrogen-bond donors (Lipinski definition) is 4. The lowest BCUT2D eigenvalue weighted by molar-refractivity contribution is -0.117. The summed E-state index contributed by atoms with van der Waals surface area (Å²) < 4.78 is 5.20. The van der Waals surface area contributed by atoms with E-state index in [-0.39, 0.29) is 5.91 Å². The number of benzene rings is 2. The maximum atomic E-state index is 12.1. The van der Waals surface area contributed by atoms with Gasteiger partial charge in [0.25, 0.3) is 0 Å². The lowest BCUT2D eigenvalue weighted by atomic mass is 10.2. The van der Waals surface area contributed by atoms with Crippen molar-refractivity contribution in [2.24, 2.45) is 0 Å². The third kappa shape index (κ3) is 9.74. The Balaban J connectivity index is 1.32. The van der Waals surface area contributed by atoms with Crippen LogP contribution in [-0.4, -0.2) is 41.6 Å². The number of nitrogens with zero attached hydrogens (tertiary/aromatic N) is 1. The molecule has 0 bridgehead atoms. The smallest absolute Gasteiger partial charge is 0.412 e. The van der Waals surface area contributed by atoms with E-state index in [4.69, 9.17) is 16.3 Å². The van der Waals surface area contributed by atoms with Gasteiger partial charge in [0.1, 0.15) is 5.60 Å². The average Bonchev–Trinajstić information content (AvgIpc) is 2.84. The van der Waals surface area contributed by atoms with Gasteiger partial charge in [0.05, 0.1) is 5.52 Å². The Kier molecular flexibility index (Phi) is 10.1. The van der Waals surface area contributed by atoms with Crippen LogP contribution in [0.4, 0.5) is 21.9 Å². The van der Waals surface area contributed by atoms with Gasteiger partial charge in [-0.3, -0.25) is 19.9 Å². The maximum absolute atomic E-state index is 12.1. The molecule has 1 aromatic heterocycles. The van der Waals surface area contributed by atoms with Crippen molar-refractivity contribution >= 4 is 57.5 Å². The number of aromatic nitrogens is 1. The summed E-state index contributed by atoms with van der Waals surface area (Å²) in [6.45, 7) is 6.56. The molecule has 0 saturated heterocycles. The molecule has 10 heteroatoms. The fraction of sp³-hybridized carbons (Fsp3) is 0.286. The van der Waals surface area contributed by atoms with Gasteiger partial charge in [-0.2, -0.15) is 0 Å². The van der Waals surface area contributed by atoms with Crippen LogP contribution in [0.3, 0.4) is 0 Å². The zero-order chi connectivity index (χ0) is 27.5. The van der Waals surface area contributed by atoms with Crippen molar-refractivity contribution in [3.05, 3.63) is 71.9 Å². The molecule has 3 aromatic rings. The summed E-state index contributed by atoms with van der Waals surface area (Å²) in [5, 5.41) is 13.1. The molecule has 3 amide bonds. The first-order chi connectivity index (χ1) is 18.1. The van der Waals surface area contributed by atoms with Crippen LogP contribution in [0.5, 0.6) is 0 Å². The topological polar surface area (TPSA) is 121 Å². The van der Waals surface area contributed by atoms with Crippen molar-refractivity contribution in [1.82, 2.24) is 10.3 Å². The number of fused-ring (bicyclic) bond motifs is 1. The molecular weight excluding hydrogens is 506 g/mol. The van der Waals surface area contributed by atoms with Gasteiger partial charge in [-0.1, -0.05) is 11.6 Å². The third-order valence-corrected chi connectivity index (χ3v) is 5.34. The van der Waals surface area contributed by atoms with Crippen molar-refractivity contribution in [2.45, 2.75) is 39.2 Å². The van der Waals surface area contributed by atoms with Gasteiger partial charge in [-0.05, 0) is 82.1 Å². The standard InChI is InChI=1S/C28H32ClN5O4/c1-28(2,3)38-27(37)34-21-9-7-20(8-10-21)33-26(36)13-12-25(35)32-16-5-4-15-30-23-14-17-31-24-18-19(29)6-11-22(23)24/h6-14,17-18H,4-5,15-16H2,1-3H3,(H,30,31)(H,32,35)(H,33,36)(H,34,37)/b13-12+. The van der Waals surface area contributed by atoms with E-state index in [1.807, 2.05) is 24.3 Å². The first kappa shape index (κ1) is 28.5. The molecular formula is C28H32ClN5O4. The Hall–Kier alpha value is -4.11. The molecule has 1 heterocycles. The Morgan fingerprint density at radius 1 is 0.895 bits per heavy atom. The summed E-state index contributed by atoms with van der Waals surface area (Å²) in [5.41, 5.74) is 2.27. The first-order valence-corrected chi connectivity index (χ1v) is 12.6. The second-order valence-electron chi connectivity index (χ2n) is 9.47. The van der Waals surface area contributed by atoms with Crippen molar-refractivity contribution in [2.75, 3.05) is 29.0 Å². The van der Waals surface area contributed by atoms with Crippen LogP contribution < -0.4 is 21.3 Å². The molecule has 0 fully saturated rings. The van der Waals surface area contributed by atoms with E-state index in [1.54, 1.807) is 51.2 Å². The van der Waals surface area contributed by atoms with Gasteiger partial charge in [0, 0.05) is 58.9 Å². The second kappa shape index (κ2) is 13.4. The highest BCUT2D eigenvalue weighted by Gasteiger charge is 2.16. The average molecular weight is 538 g/mol. The molecule has 0 aliphatic rings. The number of pyridine rings is 1. The predicted molar refractivity (Wildman–Crippen MR) is 152 cm³/mol. The van der Waals surface area contributed by atoms with Crippen molar-refractivity contribution in [3.63, 3.8) is 0 Å². The van der Waals surface area contributed by atoms with Gasteiger partial charge in [-0.15, -0.1) is 0 Å². The Labute approximate surface area is 227 Å². The summed E-state index contributed by atoms with van der Waals surface area (Å²) in [4.78, 5) is 40.3. The van der Waals surface area contributed by atoms with Crippen molar-refractivity contribution < 1.29 is 19.1 Å². The summed E-state index contributed by atoms with van der Waals surface area (Å²) in [5.74, 6) is -0.787. The molecule has 4 N–H and O–H groups in total.